The molecule has 0 amide bonds. The van der Waals surface area contributed by atoms with Gasteiger partial charge in [0.05, 0.1) is 23.7 Å². The van der Waals surface area contributed by atoms with Crippen LogP contribution >= 0.6 is 34.7 Å². The number of quaternary nitrogens is 1. The number of hydrogen-bond acceptors (Lipinski definition) is 5. The summed E-state index contributed by atoms with van der Waals surface area (Å²) < 4.78 is 38.8. The van der Waals surface area contributed by atoms with Gasteiger partial charge in [-0.15, -0.1) is 11.3 Å². The Labute approximate surface area is 185 Å². The number of halogens is 4. The fourth-order valence-electron chi connectivity index (χ4n) is 3.61. The highest BCUT2D eigenvalue weighted by Crippen LogP contribution is 2.40. The zero-order valence-corrected chi connectivity index (χ0v) is 19.0. The molecule has 0 atom stereocenters. The maximum absolute atomic E-state index is 12.9. The van der Waals surface area contributed by atoms with Crippen molar-refractivity contribution in [2.75, 3.05) is 13.1 Å². The van der Waals surface area contributed by atoms with Gasteiger partial charge in [0, 0.05) is 16.5 Å². The summed E-state index contributed by atoms with van der Waals surface area (Å²) in [7, 11) is 0. The van der Waals surface area contributed by atoms with Crippen LogP contribution in [0.1, 0.15) is 41.1 Å². The standard InChI is InChI=1S/C20H20ClF3N4S2/c1-11-12(2)29-18-16(11)19(27-15(26-18)10-28-6-4-3-5-7-28)30-17-14(21)8-13(9-25-17)20(22,23)24/h8-9H,3-7,10H2,1-2H3/p+1. The summed E-state index contributed by atoms with van der Waals surface area (Å²) in [6.45, 7) is 7.01. The van der Waals surface area contributed by atoms with Crippen LogP contribution in [0.25, 0.3) is 10.2 Å². The van der Waals surface area contributed by atoms with Crippen LogP contribution in [0.2, 0.25) is 5.02 Å². The molecule has 1 N–H and O–H groups in total. The third-order valence-corrected chi connectivity index (χ3v) is 7.85. The van der Waals surface area contributed by atoms with Crippen LogP contribution < -0.4 is 4.90 Å². The molecule has 1 fully saturated rings. The van der Waals surface area contributed by atoms with Crippen LogP contribution in [0.3, 0.4) is 0 Å². The molecule has 4 heterocycles. The zero-order valence-electron chi connectivity index (χ0n) is 16.6. The van der Waals surface area contributed by atoms with E-state index in [1.165, 1.54) is 35.9 Å². The molecule has 160 valence electrons. The molecule has 3 aromatic heterocycles. The third-order valence-electron chi connectivity index (χ3n) is 5.34. The lowest BCUT2D eigenvalue weighted by molar-refractivity contribution is -0.919. The molecule has 1 aliphatic rings. The first-order valence-corrected chi connectivity index (χ1v) is 11.7. The first-order valence-electron chi connectivity index (χ1n) is 9.73. The van der Waals surface area contributed by atoms with Crippen molar-refractivity contribution in [2.24, 2.45) is 0 Å². The monoisotopic (exact) mass is 473 g/mol. The van der Waals surface area contributed by atoms with E-state index in [0.29, 0.717) is 10.1 Å². The number of rotatable bonds is 4. The van der Waals surface area contributed by atoms with Crippen molar-refractivity contribution in [1.29, 1.82) is 0 Å². The van der Waals surface area contributed by atoms with E-state index in [1.54, 1.807) is 11.3 Å². The number of hydrogen-bond donors (Lipinski definition) is 1. The molecule has 30 heavy (non-hydrogen) atoms. The lowest BCUT2D eigenvalue weighted by Crippen LogP contribution is -3.11. The Balaban J connectivity index is 1.71. The first kappa shape index (κ1) is 21.8. The van der Waals surface area contributed by atoms with E-state index >= 15 is 0 Å². The van der Waals surface area contributed by atoms with Crippen LogP contribution in [-0.2, 0) is 12.7 Å². The van der Waals surface area contributed by atoms with E-state index in [0.717, 1.165) is 58.4 Å². The Morgan fingerprint density at radius 2 is 1.87 bits per heavy atom. The Morgan fingerprint density at radius 3 is 2.53 bits per heavy atom. The summed E-state index contributed by atoms with van der Waals surface area (Å²) in [6, 6.07) is 0.916. The summed E-state index contributed by atoms with van der Waals surface area (Å²) in [5, 5.41) is 1.90. The lowest BCUT2D eigenvalue weighted by atomic mass is 10.1. The van der Waals surface area contributed by atoms with Gasteiger partial charge in [-0.25, -0.2) is 15.0 Å². The normalized spacial score (nSPS) is 15.8. The van der Waals surface area contributed by atoms with Crippen molar-refractivity contribution in [2.45, 2.75) is 55.9 Å². The van der Waals surface area contributed by atoms with E-state index < -0.39 is 11.7 Å². The number of thiophene rings is 1. The molecular formula is C20H21ClF3N4S2+. The number of pyridine rings is 1. The summed E-state index contributed by atoms with van der Waals surface area (Å²) in [5.74, 6) is 0.756. The van der Waals surface area contributed by atoms with Gasteiger partial charge in [-0.1, -0.05) is 11.6 Å². The molecule has 4 nitrogen and oxygen atoms in total. The molecule has 0 radical (unpaired) electrons. The fraction of sp³-hybridized carbons (Fsp3) is 0.450. The largest absolute Gasteiger partial charge is 0.417 e. The van der Waals surface area contributed by atoms with Gasteiger partial charge in [0.2, 0.25) is 0 Å². The van der Waals surface area contributed by atoms with Crippen LogP contribution in [0.5, 0.6) is 0 Å². The number of aryl methyl sites for hydroxylation is 2. The second kappa shape index (κ2) is 8.61. The van der Waals surface area contributed by atoms with E-state index in [9.17, 15) is 13.2 Å². The molecule has 4 rings (SSSR count). The van der Waals surface area contributed by atoms with Gasteiger partial charge < -0.3 is 4.90 Å². The van der Waals surface area contributed by atoms with Crippen molar-refractivity contribution in [3.05, 3.63) is 39.1 Å². The predicted octanol–water partition coefficient (Wildman–Crippen LogP) is 5.10. The number of likely N-dealkylation sites (tertiary alicyclic amines) is 1. The van der Waals surface area contributed by atoms with Gasteiger partial charge in [-0.05, 0) is 56.5 Å². The third kappa shape index (κ3) is 4.59. The molecule has 10 heteroatoms. The zero-order chi connectivity index (χ0) is 21.5. The van der Waals surface area contributed by atoms with Crippen molar-refractivity contribution >= 4 is 44.9 Å². The maximum Gasteiger partial charge on any atom is 0.417 e. The second-order valence-corrected chi connectivity index (χ2v) is 10.1. The van der Waals surface area contributed by atoms with Crippen molar-refractivity contribution in [3.63, 3.8) is 0 Å². The summed E-state index contributed by atoms with van der Waals surface area (Å²) >= 11 is 8.97. The van der Waals surface area contributed by atoms with Crippen molar-refractivity contribution in [3.8, 4) is 0 Å². The first-order chi connectivity index (χ1) is 14.2. The number of aromatic nitrogens is 3. The minimum Gasteiger partial charge on any atom is -0.329 e. The lowest BCUT2D eigenvalue weighted by Gasteiger charge is -2.22. The topological polar surface area (TPSA) is 43.1 Å². The number of nitrogens with zero attached hydrogens (tertiary/aromatic N) is 3. The van der Waals surface area contributed by atoms with E-state index in [1.807, 2.05) is 13.8 Å². The van der Waals surface area contributed by atoms with Gasteiger partial charge in [0.15, 0.2) is 5.82 Å². The molecular weight excluding hydrogens is 453 g/mol. The Bertz CT molecular complexity index is 1080. The highest BCUT2D eigenvalue weighted by molar-refractivity contribution is 7.99. The molecule has 0 bridgehead atoms. The van der Waals surface area contributed by atoms with Crippen LogP contribution in [0.15, 0.2) is 22.3 Å². The molecule has 0 aliphatic carbocycles. The predicted molar refractivity (Wildman–Crippen MR) is 114 cm³/mol. The number of alkyl halides is 3. The molecule has 0 aromatic carbocycles. The second-order valence-electron chi connectivity index (χ2n) is 7.51. The van der Waals surface area contributed by atoms with Crippen LogP contribution in [0.4, 0.5) is 13.2 Å². The number of fused-ring (bicyclic) bond motifs is 1. The minimum atomic E-state index is -4.48. The molecule has 1 saturated heterocycles. The molecule has 1 aliphatic heterocycles. The molecule has 3 aromatic rings. The molecule has 0 spiro atoms. The SMILES string of the molecule is Cc1sc2nc(C[NH+]3CCCCC3)nc(Sc3ncc(C(F)(F)F)cc3Cl)c2c1C. The van der Waals surface area contributed by atoms with Crippen LogP contribution in [0, 0.1) is 13.8 Å². The molecule has 0 unspecified atom stereocenters. The van der Waals surface area contributed by atoms with Gasteiger partial charge in [-0.2, -0.15) is 13.2 Å². The fourth-order valence-corrected chi connectivity index (χ4v) is 5.95. The number of piperidine rings is 1. The minimum absolute atomic E-state index is 0.0330. The quantitative estimate of drug-likeness (QED) is 0.536. The Kier molecular flexibility index (Phi) is 6.25. The van der Waals surface area contributed by atoms with Gasteiger partial charge in [0.1, 0.15) is 21.4 Å². The Morgan fingerprint density at radius 1 is 1.13 bits per heavy atom. The Hall–Kier alpha value is -1.42. The maximum atomic E-state index is 12.9. The van der Waals surface area contributed by atoms with Crippen molar-refractivity contribution < 1.29 is 18.1 Å². The summed E-state index contributed by atoms with van der Waals surface area (Å²) in [4.78, 5) is 17.1. The highest BCUT2D eigenvalue weighted by Gasteiger charge is 2.32. The van der Waals surface area contributed by atoms with E-state index in [4.69, 9.17) is 21.6 Å². The average molecular weight is 474 g/mol. The summed E-state index contributed by atoms with van der Waals surface area (Å²) in [5.41, 5.74) is 0.221. The van der Waals surface area contributed by atoms with Crippen molar-refractivity contribution in [1.82, 2.24) is 15.0 Å². The average Bonchev–Trinajstić information content (AvgIpc) is 2.97. The van der Waals surface area contributed by atoms with Gasteiger partial charge in [0.25, 0.3) is 0 Å². The number of nitrogens with one attached hydrogen (secondary N) is 1. The molecule has 0 saturated carbocycles. The summed E-state index contributed by atoms with van der Waals surface area (Å²) in [6.07, 6.45) is 0.0272. The van der Waals surface area contributed by atoms with E-state index in [2.05, 4.69) is 4.98 Å². The smallest absolute Gasteiger partial charge is 0.329 e. The van der Waals surface area contributed by atoms with Crippen LogP contribution in [-0.4, -0.2) is 28.0 Å². The van der Waals surface area contributed by atoms with Gasteiger partial charge in [-0.3, -0.25) is 0 Å². The van der Waals surface area contributed by atoms with Gasteiger partial charge >= 0.3 is 6.18 Å². The van der Waals surface area contributed by atoms with E-state index in [-0.39, 0.29) is 5.02 Å². The highest BCUT2D eigenvalue weighted by atomic mass is 35.5.